The minimum Gasteiger partial charge on any atom is -0.327 e. The quantitative estimate of drug-likeness (QED) is 0.265. The number of aromatic nitrogens is 2. The van der Waals surface area contributed by atoms with E-state index in [4.69, 9.17) is 0 Å². The van der Waals surface area contributed by atoms with Gasteiger partial charge in [0.1, 0.15) is 12.1 Å². The van der Waals surface area contributed by atoms with Gasteiger partial charge in [-0.15, -0.1) is 0 Å². The average Bonchev–Trinajstić information content (AvgIpc) is 3.80. The molecule has 0 saturated carbocycles. The van der Waals surface area contributed by atoms with E-state index in [2.05, 4.69) is 20.6 Å². The molecule has 2 aromatic heterocycles. The molecule has 2 N–H and O–H groups in total. The van der Waals surface area contributed by atoms with Crippen LogP contribution in [-0.4, -0.2) is 68.6 Å². The molecule has 10 nitrogen and oxygen atoms in total. The molecule has 2 saturated heterocycles. The number of benzene rings is 2. The van der Waals surface area contributed by atoms with Gasteiger partial charge >= 0.3 is 0 Å². The van der Waals surface area contributed by atoms with Crippen LogP contribution in [0.4, 0.5) is 11.4 Å². The molecule has 2 fully saturated rings. The largest absolute Gasteiger partial charge is 0.327 e. The van der Waals surface area contributed by atoms with Crippen LogP contribution in [0.3, 0.4) is 0 Å². The van der Waals surface area contributed by atoms with E-state index in [9.17, 15) is 19.2 Å². The summed E-state index contributed by atoms with van der Waals surface area (Å²) in [5, 5.41) is 5.90. The van der Waals surface area contributed by atoms with Gasteiger partial charge in [0.2, 0.25) is 11.8 Å². The number of nitrogens with one attached hydrogen (secondary N) is 2. The summed E-state index contributed by atoms with van der Waals surface area (Å²) in [6, 6.07) is 20.6. The standard InChI is InChI=1S/C36H34N6O4/c43-33(31-3-1-23-41(31)35(45)27-15-19-37-20-16-27)39-29-11-7-25(8-12-29)5-6-26-9-13-30(14-10-26)40-34(44)32-4-2-24-42(32)36(46)28-17-21-38-22-18-28/h5-22,31-32H,1-4,23-24H2,(H,39,43)(H,40,44)/b6-5+. The second-order valence-corrected chi connectivity index (χ2v) is 11.3. The highest BCUT2D eigenvalue weighted by atomic mass is 16.2. The average molecular weight is 615 g/mol. The topological polar surface area (TPSA) is 125 Å². The number of nitrogens with zero attached hydrogens (tertiary/aromatic N) is 4. The first-order valence-corrected chi connectivity index (χ1v) is 15.4. The van der Waals surface area contributed by atoms with E-state index in [1.165, 1.54) is 0 Å². The van der Waals surface area contributed by atoms with Crippen molar-refractivity contribution in [2.45, 2.75) is 37.8 Å². The molecule has 0 radical (unpaired) electrons. The molecule has 4 amide bonds. The molecule has 2 atom stereocenters. The third-order valence-electron chi connectivity index (χ3n) is 8.31. The first kappa shape index (κ1) is 30.4. The third-order valence-corrected chi connectivity index (χ3v) is 8.31. The van der Waals surface area contributed by atoms with Crippen molar-refractivity contribution in [3.05, 3.63) is 120 Å². The van der Waals surface area contributed by atoms with Crippen molar-refractivity contribution in [1.82, 2.24) is 19.8 Å². The molecule has 232 valence electrons. The van der Waals surface area contributed by atoms with Crippen LogP contribution in [0, 0.1) is 0 Å². The van der Waals surface area contributed by atoms with E-state index in [1.807, 2.05) is 60.7 Å². The van der Waals surface area contributed by atoms with Gasteiger partial charge in [-0.3, -0.25) is 29.1 Å². The lowest BCUT2D eigenvalue weighted by Crippen LogP contribution is -2.43. The second kappa shape index (κ2) is 14.0. The molecule has 4 heterocycles. The van der Waals surface area contributed by atoms with Crippen LogP contribution in [0.25, 0.3) is 12.2 Å². The van der Waals surface area contributed by atoms with Crippen molar-refractivity contribution < 1.29 is 19.2 Å². The predicted molar refractivity (Wildman–Crippen MR) is 176 cm³/mol. The van der Waals surface area contributed by atoms with Crippen LogP contribution in [0.2, 0.25) is 0 Å². The summed E-state index contributed by atoms with van der Waals surface area (Å²) in [7, 11) is 0. The highest BCUT2D eigenvalue weighted by Crippen LogP contribution is 2.24. The smallest absolute Gasteiger partial charge is 0.254 e. The molecule has 2 unspecified atom stereocenters. The molecular formula is C36H34N6O4. The Morgan fingerprint density at radius 3 is 1.30 bits per heavy atom. The molecule has 2 aliphatic rings. The van der Waals surface area contributed by atoms with E-state index in [0.29, 0.717) is 48.4 Å². The molecule has 0 spiro atoms. The lowest BCUT2D eigenvalue weighted by atomic mass is 10.1. The van der Waals surface area contributed by atoms with Gasteiger partial charge in [-0.25, -0.2) is 0 Å². The SMILES string of the molecule is O=C(Nc1ccc(/C=C/c2ccc(NC(=O)C3CCCN3C(=O)c3ccncc3)cc2)cc1)C1CCCN1C(=O)c1ccncc1. The van der Waals surface area contributed by atoms with Gasteiger partial charge < -0.3 is 20.4 Å². The van der Waals surface area contributed by atoms with Gasteiger partial charge in [-0.1, -0.05) is 36.4 Å². The van der Waals surface area contributed by atoms with Gasteiger partial charge in [0.15, 0.2) is 0 Å². The fraction of sp³-hybridized carbons (Fsp3) is 0.222. The van der Waals surface area contributed by atoms with Gasteiger partial charge in [0, 0.05) is 60.4 Å². The van der Waals surface area contributed by atoms with Crippen molar-refractivity contribution in [1.29, 1.82) is 0 Å². The van der Waals surface area contributed by atoms with Gasteiger partial charge in [-0.05, 0) is 85.3 Å². The van der Waals surface area contributed by atoms with Crippen molar-refractivity contribution >= 4 is 47.2 Å². The number of pyridine rings is 2. The third kappa shape index (κ3) is 7.02. The Morgan fingerprint density at radius 2 is 0.935 bits per heavy atom. The van der Waals surface area contributed by atoms with Crippen LogP contribution < -0.4 is 10.6 Å². The lowest BCUT2D eigenvalue weighted by molar-refractivity contribution is -0.120. The minimum atomic E-state index is -0.514. The van der Waals surface area contributed by atoms with E-state index < -0.39 is 12.1 Å². The Balaban J connectivity index is 1.01. The Hall–Kier alpha value is -5.64. The molecule has 4 aromatic rings. The number of carbonyl (C=O) groups is 4. The van der Waals surface area contributed by atoms with Gasteiger partial charge in [-0.2, -0.15) is 0 Å². The summed E-state index contributed by atoms with van der Waals surface area (Å²) in [5.74, 6) is -0.720. The predicted octanol–water partition coefficient (Wildman–Crippen LogP) is 5.13. The molecular weight excluding hydrogens is 580 g/mol. The van der Waals surface area contributed by atoms with E-state index in [-0.39, 0.29) is 23.6 Å². The Labute approximate surface area is 267 Å². The molecule has 0 bridgehead atoms. The summed E-state index contributed by atoms with van der Waals surface area (Å²) in [5.41, 5.74) is 4.27. The second-order valence-electron chi connectivity index (χ2n) is 11.3. The number of anilines is 2. The van der Waals surface area contributed by atoms with Crippen LogP contribution in [0.5, 0.6) is 0 Å². The van der Waals surface area contributed by atoms with Gasteiger partial charge in [0.05, 0.1) is 0 Å². The number of hydrogen-bond donors (Lipinski definition) is 2. The van der Waals surface area contributed by atoms with Crippen LogP contribution in [-0.2, 0) is 9.59 Å². The molecule has 2 aromatic carbocycles. The first-order valence-electron chi connectivity index (χ1n) is 15.4. The highest BCUT2D eigenvalue weighted by Gasteiger charge is 2.35. The summed E-state index contributed by atoms with van der Waals surface area (Å²) >= 11 is 0. The van der Waals surface area contributed by atoms with E-state index in [0.717, 1.165) is 24.0 Å². The summed E-state index contributed by atoms with van der Waals surface area (Å²) in [4.78, 5) is 63.1. The summed E-state index contributed by atoms with van der Waals surface area (Å²) in [6.07, 6.45) is 13.0. The zero-order valence-corrected chi connectivity index (χ0v) is 25.2. The fourth-order valence-electron chi connectivity index (χ4n) is 5.88. The number of rotatable bonds is 8. The van der Waals surface area contributed by atoms with Gasteiger partial charge in [0.25, 0.3) is 11.8 Å². The van der Waals surface area contributed by atoms with Crippen LogP contribution in [0.15, 0.2) is 97.6 Å². The Bertz CT molecular complexity index is 1600. The van der Waals surface area contributed by atoms with E-state index >= 15 is 0 Å². The number of carbonyl (C=O) groups excluding carboxylic acids is 4. The zero-order chi connectivity index (χ0) is 31.9. The Morgan fingerprint density at radius 1 is 0.565 bits per heavy atom. The van der Waals surface area contributed by atoms with Crippen molar-refractivity contribution in [2.24, 2.45) is 0 Å². The maximum atomic E-state index is 13.1. The van der Waals surface area contributed by atoms with Crippen molar-refractivity contribution in [2.75, 3.05) is 23.7 Å². The molecule has 2 aliphatic heterocycles. The number of amides is 4. The highest BCUT2D eigenvalue weighted by molar-refractivity contribution is 6.02. The first-order chi connectivity index (χ1) is 22.5. The minimum absolute atomic E-state index is 0.162. The number of likely N-dealkylation sites (tertiary alicyclic amines) is 2. The summed E-state index contributed by atoms with van der Waals surface area (Å²) in [6.45, 7) is 1.09. The molecule has 0 aliphatic carbocycles. The Kier molecular flexibility index (Phi) is 9.24. The zero-order valence-electron chi connectivity index (χ0n) is 25.2. The van der Waals surface area contributed by atoms with Crippen LogP contribution in [0.1, 0.15) is 57.5 Å². The maximum Gasteiger partial charge on any atom is 0.254 e. The normalized spacial score (nSPS) is 17.7. The molecule has 6 rings (SSSR count). The summed E-state index contributed by atoms with van der Waals surface area (Å²) < 4.78 is 0. The maximum absolute atomic E-state index is 13.1. The number of hydrogen-bond acceptors (Lipinski definition) is 6. The lowest BCUT2D eigenvalue weighted by Gasteiger charge is -2.24. The van der Waals surface area contributed by atoms with Crippen molar-refractivity contribution in [3.8, 4) is 0 Å². The molecule has 46 heavy (non-hydrogen) atoms. The van der Waals surface area contributed by atoms with E-state index in [1.54, 1.807) is 58.9 Å². The monoisotopic (exact) mass is 614 g/mol. The fourth-order valence-corrected chi connectivity index (χ4v) is 5.88. The van der Waals surface area contributed by atoms with Crippen LogP contribution >= 0.6 is 0 Å². The molecule has 10 heteroatoms. The van der Waals surface area contributed by atoms with Crippen molar-refractivity contribution in [3.63, 3.8) is 0 Å².